The molecule has 0 unspecified atom stereocenters. The van der Waals surface area contributed by atoms with Crippen molar-refractivity contribution in [2.45, 2.75) is 35.5 Å². The van der Waals surface area contributed by atoms with E-state index in [1.165, 1.54) is 161 Å². The van der Waals surface area contributed by atoms with Gasteiger partial charge in [0.2, 0.25) is 0 Å². The highest BCUT2D eigenvalue weighted by Crippen LogP contribution is 2.70. The summed E-state index contributed by atoms with van der Waals surface area (Å²) in [6.45, 7) is 4.96. The van der Waals surface area contributed by atoms with Crippen molar-refractivity contribution in [2.75, 3.05) is 20.0 Å². The summed E-state index contributed by atoms with van der Waals surface area (Å²) >= 11 is 0. The van der Waals surface area contributed by atoms with Gasteiger partial charge in [0.1, 0.15) is 0 Å². The first-order valence-electron chi connectivity index (χ1n) is 52.5. The maximum absolute atomic E-state index is 4.39. The van der Waals surface area contributed by atoms with Crippen molar-refractivity contribution < 1.29 is 0 Å². The number of hydrogen-bond acceptors (Lipinski definition) is 4. The smallest absolute Gasteiger partial charge is 0.0726 e. The fourth-order valence-corrected chi connectivity index (χ4v) is 27.9. The monoisotopic (exact) mass is 1900 g/mol. The summed E-state index contributed by atoms with van der Waals surface area (Å²) in [5, 5.41) is 8.65. The second-order valence-corrected chi connectivity index (χ2v) is 41.9. The van der Waals surface area contributed by atoms with Gasteiger partial charge in [-0.2, -0.15) is 0 Å². The molecule has 24 aromatic carbocycles. The molecule has 31 rings (SSSR count). The Morgan fingerprint density at radius 1 is 0.160 bits per heavy atom. The number of hydrogen-bond donors (Lipinski definition) is 1. The second kappa shape index (κ2) is 32.8. The zero-order valence-electron chi connectivity index (χ0n) is 82.7. The number of benzene rings is 24. The van der Waals surface area contributed by atoms with Gasteiger partial charge in [-0.15, -0.1) is 0 Å². The molecule has 7 aliphatic carbocycles. The third kappa shape index (κ3) is 12.1. The first kappa shape index (κ1) is 85.4. The lowest BCUT2D eigenvalue weighted by Gasteiger charge is -2.34. The molecule has 24 aromatic rings. The molecule has 0 saturated heterocycles. The Bertz CT molecular complexity index is 9570. The number of anilines is 11. The lowest BCUT2D eigenvalue weighted by Crippen LogP contribution is -2.26. The minimum atomic E-state index is -0.673. The summed E-state index contributed by atoms with van der Waals surface area (Å²) < 4.78 is 0. The first-order valence-corrected chi connectivity index (χ1v) is 52.5. The van der Waals surface area contributed by atoms with E-state index in [0.29, 0.717) is 0 Å². The van der Waals surface area contributed by atoms with Gasteiger partial charge in [0.05, 0.1) is 33.3 Å². The molecule has 700 valence electrons. The van der Waals surface area contributed by atoms with Crippen LogP contribution in [0.4, 0.5) is 62.6 Å². The molecular formula is C146H96N4. The highest BCUT2D eigenvalue weighted by molar-refractivity contribution is 6.25. The minimum absolute atomic E-state index is 0.570. The molecule has 1 N–H and O–H groups in total. The van der Waals surface area contributed by atoms with E-state index in [9.17, 15) is 0 Å². The standard InChI is InChI=1S/C146H96N4/c1-143(2)135-87-105(149(102-74-66-98(67-75-102)94-38-11-5-12-39-94)107-79-83-117-115-49-22-31-58-132(115)146(138(117)89-107)129-55-28-19-46-112(129)113-47-20-29-56-130(113)146)80-84-118(135)121-90-124-122(91-136(121)143)141(147-100-70-62-96(63-71-100)92-34-7-3-8-35-92)119-85-81-104(148(101-72-64-97(65-73-101)93-36-9-4-10-37-93)106-78-82-116-114-48-21-30-57-131(114)145(137(116)88-106)127-53-26-17-44-110(127)111-45-18-27-54-128(111)145)86-123(119)142(124)150(103-76-68-99(69-77-103)95-40-13-6-14-41-95)139-61-33-60-134-140(139)120-50-23-32-59-133(120)144(134)125-51-24-15-42-108(125)109-43-16-25-52-126(109)144/h3-91,147H,1-2H3. The molecule has 0 heterocycles. The molecule has 3 spiro atoms. The van der Waals surface area contributed by atoms with Gasteiger partial charge >= 0.3 is 0 Å². The molecule has 0 aromatic heterocycles. The van der Waals surface area contributed by atoms with E-state index in [0.717, 1.165) is 123 Å². The van der Waals surface area contributed by atoms with Gasteiger partial charge in [0.25, 0.3) is 0 Å². The molecule has 4 nitrogen and oxygen atoms in total. The van der Waals surface area contributed by atoms with E-state index in [-0.39, 0.29) is 0 Å². The molecule has 0 fully saturated rings. The van der Waals surface area contributed by atoms with Crippen molar-refractivity contribution in [2.24, 2.45) is 0 Å². The van der Waals surface area contributed by atoms with Gasteiger partial charge in [-0.3, -0.25) is 0 Å². The summed E-state index contributed by atoms with van der Waals surface area (Å²) in [5.41, 5.74) is 53.5. The SMILES string of the molecule is CC1(C)c2cc(N(c3ccc(-c4ccccc4)cc3)c3ccc4c(c3)C3(c5ccccc5-c5ccccc53)c3ccccc3-4)ccc2-c2cc3c(N(c4ccc(-c5ccccc5)cc4)c4cccc5c4-c4ccccc4C54c5ccccc5-c5ccccc54)c4cc(N(c5ccc(-c6ccccc6)cc5)c5ccc6c(c5)C5(c7ccccc7-c7ccccc75)c5ccccc5-6)ccc4c(Nc4ccc(-c5ccccc5)cc4)c3cc21. The van der Waals surface area contributed by atoms with Crippen LogP contribution in [0.2, 0.25) is 0 Å². The van der Waals surface area contributed by atoms with Gasteiger partial charge in [-0.25, -0.2) is 0 Å². The maximum Gasteiger partial charge on any atom is 0.0726 e. The van der Waals surface area contributed by atoms with Crippen LogP contribution in [0, 0.1) is 0 Å². The summed E-state index contributed by atoms with van der Waals surface area (Å²) in [7, 11) is 0. The molecule has 0 bridgehead atoms. The molecule has 0 aliphatic heterocycles. The van der Waals surface area contributed by atoms with Gasteiger partial charge in [0, 0.05) is 78.0 Å². The highest BCUT2D eigenvalue weighted by atomic mass is 15.2. The van der Waals surface area contributed by atoms with E-state index in [2.05, 4.69) is 574 Å². The Balaban J connectivity index is 0.689. The van der Waals surface area contributed by atoms with Crippen LogP contribution >= 0.6 is 0 Å². The van der Waals surface area contributed by atoms with E-state index >= 15 is 0 Å². The van der Waals surface area contributed by atoms with Crippen molar-refractivity contribution in [1.82, 2.24) is 0 Å². The van der Waals surface area contributed by atoms with Gasteiger partial charge in [-0.05, 0) is 310 Å². The third-order valence-electron chi connectivity index (χ3n) is 34.3. The third-order valence-corrected chi connectivity index (χ3v) is 34.3. The second-order valence-electron chi connectivity index (χ2n) is 41.9. The van der Waals surface area contributed by atoms with Crippen molar-refractivity contribution >= 4 is 84.1 Å². The Morgan fingerprint density at radius 2 is 0.420 bits per heavy atom. The van der Waals surface area contributed by atoms with Crippen LogP contribution in [0.5, 0.6) is 0 Å². The lowest BCUT2D eigenvalue weighted by atomic mass is 9.70. The molecule has 0 atom stereocenters. The summed E-state index contributed by atoms with van der Waals surface area (Å²) in [6, 6.07) is 206. The molecule has 0 amide bonds. The Kier molecular flexibility index (Phi) is 18.6. The summed E-state index contributed by atoms with van der Waals surface area (Å²) in [4.78, 5) is 7.80. The molecule has 7 aliphatic rings. The van der Waals surface area contributed by atoms with Crippen LogP contribution in [0.15, 0.2) is 540 Å². The van der Waals surface area contributed by atoms with Crippen molar-refractivity contribution in [3.8, 4) is 122 Å². The van der Waals surface area contributed by atoms with Crippen LogP contribution in [-0.4, -0.2) is 0 Å². The van der Waals surface area contributed by atoms with Gasteiger partial charge in [-0.1, -0.05) is 438 Å². The van der Waals surface area contributed by atoms with E-state index in [1.54, 1.807) is 0 Å². The van der Waals surface area contributed by atoms with Crippen LogP contribution in [-0.2, 0) is 21.7 Å². The summed E-state index contributed by atoms with van der Waals surface area (Å²) in [5.74, 6) is 0. The van der Waals surface area contributed by atoms with Crippen molar-refractivity contribution in [3.63, 3.8) is 0 Å². The Morgan fingerprint density at radius 3 is 0.793 bits per heavy atom. The molecule has 4 heteroatoms. The normalized spacial score (nSPS) is 13.9. The quantitative estimate of drug-likeness (QED) is 0.0816. The number of rotatable bonds is 15. The largest absolute Gasteiger partial charge is 0.355 e. The van der Waals surface area contributed by atoms with Crippen LogP contribution < -0.4 is 20.0 Å². The summed E-state index contributed by atoms with van der Waals surface area (Å²) in [6.07, 6.45) is 0. The Labute approximate surface area is 873 Å². The predicted octanol–water partition coefficient (Wildman–Crippen LogP) is 38.2. The van der Waals surface area contributed by atoms with E-state index in [1.807, 2.05) is 0 Å². The maximum atomic E-state index is 4.39. The van der Waals surface area contributed by atoms with Gasteiger partial charge in [0.15, 0.2) is 0 Å². The van der Waals surface area contributed by atoms with Gasteiger partial charge < -0.3 is 20.0 Å². The average Bonchev–Trinajstić information content (AvgIpc) is 1.50. The molecular weight excluding hydrogens is 1810 g/mol. The molecule has 0 saturated carbocycles. The fourth-order valence-electron chi connectivity index (χ4n) is 27.9. The first-order chi connectivity index (χ1) is 74.2. The topological polar surface area (TPSA) is 21.8 Å². The zero-order valence-corrected chi connectivity index (χ0v) is 82.7. The Hall–Kier alpha value is -19.0. The number of nitrogens with zero attached hydrogens (tertiary/aromatic N) is 3. The van der Waals surface area contributed by atoms with Crippen LogP contribution in [0.1, 0.15) is 91.7 Å². The average molecular weight is 1910 g/mol. The molecule has 150 heavy (non-hydrogen) atoms. The van der Waals surface area contributed by atoms with Crippen molar-refractivity contribution in [1.29, 1.82) is 0 Å². The number of fused-ring (bicyclic) bond motifs is 35. The molecule has 0 radical (unpaired) electrons. The van der Waals surface area contributed by atoms with Crippen LogP contribution in [0.25, 0.3) is 144 Å². The zero-order chi connectivity index (χ0) is 98.8. The lowest BCUT2D eigenvalue weighted by molar-refractivity contribution is 0.661. The van der Waals surface area contributed by atoms with E-state index in [4.69, 9.17) is 0 Å². The van der Waals surface area contributed by atoms with E-state index < -0.39 is 21.7 Å². The highest BCUT2D eigenvalue weighted by Gasteiger charge is 2.56. The number of nitrogens with one attached hydrogen (secondary N) is 1. The predicted molar refractivity (Wildman–Crippen MR) is 623 cm³/mol. The minimum Gasteiger partial charge on any atom is -0.355 e. The fraction of sp³-hybridized carbons (Fsp3) is 0.0411. The van der Waals surface area contributed by atoms with Crippen molar-refractivity contribution in [3.05, 3.63) is 618 Å². The van der Waals surface area contributed by atoms with Crippen LogP contribution in [0.3, 0.4) is 0 Å².